The Kier molecular flexibility index (Phi) is 4.04. The quantitative estimate of drug-likeness (QED) is 0.211. The summed E-state index contributed by atoms with van der Waals surface area (Å²) in [4.78, 5) is 0. The van der Waals surface area contributed by atoms with Crippen LogP contribution in [0.1, 0.15) is 38.5 Å². The van der Waals surface area contributed by atoms with Crippen molar-refractivity contribution in [1.82, 2.24) is 5.32 Å². The Morgan fingerprint density at radius 1 is 1.38 bits per heavy atom. The fourth-order valence-electron chi connectivity index (χ4n) is 3.36. The standard InChI is InChI=1S/C12H23N3O/c13-12(15-16)2-1-5-14-8-11-7-9-3-4-10(11)6-9/h9-11,14,16H,1-8H2,(H2,13,15). The smallest absolute Gasteiger partial charge is 0.139 e. The molecule has 2 rings (SSSR count). The molecule has 2 bridgehead atoms. The topological polar surface area (TPSA) is 70.6 Å². The lowest BCUT2D eigenvalue weighted by Crippen LogP contribution is -2.27. The van der Waals surface area contributed by atoms with Crippen molar-refractivity contribution < 1.29 is 5.21 Å². The Hall–Kier alpha value is -0.770. The summed E-state index contributed by atoms with van der Waals surface area (Å²) in [7, 11) is 0. The van der Waals surface area contributed by atoms with Crippen molar-refractivity contribution in [2.75, 3.05) is 13.1 Å². The summed E-state index contributed by atoms with van der Waals surface area (Å²) in [5, 5.41) is 14.8. The van der Waals surface area contributed by atoms with Gasteiger partial charge in [-0.05, 0) is 56.5 Å². The van der Waals surface area contributed by atoms with Gasteiger partial charge in [0.25, 0.3) is 0 Å². The molecule has 2 aliphatic rings. The molecule has 4 nitrogen and oxygen atoms in total. The minimum atomic E-state index is 0.335. The summed E-state index contributed by atoms with van der Waals surface area (Å²) in [6.07, 6.45) is 7.50. The molecule has 0 amide bonds. The largest absolute Gasteiger partial charge is 0.409 e. The second-order valence-electron chi connectivity index (χ2n) is 5.33. The predicted molar refractivity (Wildman–Crippen MR) is 64.5 cm³/mol. The second-order valence-corrected chi connectivity index (χ2v) is 5.33. The van der Waals surface area contributed by atoms with Crippen LogP contribution in [0.2, 0.25) is 0 Å². The van der Waals surface area contributed by atoms with E-state index in [-0.39, 0.29) is 0 Å². The highest BCUT2D eigenvalue weighted by molar-refractivity contribution is 5.79. The van der Waals surface area contributed by atoms with Crippen molar-refractivity contribution in [3.8, 4) is 0 Å². The molecule has 3 atom stereocenters. The van der Waals surface area contributed by atoms with Crippen molar-refractivity contribution in [2.24, 2.45) is 28.6 Å². The van der Waals surface area contributed by atoms with Crippen LogP contribution in [0.15, 0.2) is 5.16 Å². The van der Waals surface area contributed by atoms with Crippen LogP contribution in [0, 0.1) is 17.8 Å². The van der Waals surface area contributed by atoms with Crippen molar-refractivity contribution >= 4 is 5.84 Å². The van der Waals surface area contributed by atoms with E-state index >= 15 is 0 Å². The molecule has 0 spiro atoms. The van der Waals surface area contributed by atoms with E-state index in [1.165, 1.54) is 25.7 Å². The molecule has 16 heavy (non-hydrogen) atoms. The average Bonchev–Trinajstić information content (AvgIpc) is 2.90. The third kappa shape index (κ3) is 2.88. The predicted octanol–water partition coefficient (Wildman–Crippen LogP) is 1.54. The molecule has 2 aliphatic carbocycles. The van der Waals surface area contributed by atoms with Gasteiger partial charge in [-0.25, -0.2) is 0 Å². The van der Waals surface area contributed by atoms with Gasteiger partial charge in [0.15, 0.2) is 0 Å². The number of amidine groups is 1. The van der Waals surface area contributed by atoms with Crippen LogP contribution >= 0.6 is 0 Å². The van der Waals surface area contributed by atoms with Gasteiger partial charge >= 0.3 is 0 Å². The number of rotatable bonds is 6. The first kappa shape index (κ1) is 11.7. The molecule has 92 valence electrons. The van der Waals surface area contributed by atoms with Gasteiger partial charge in [0.1, 0.15) is 5.84 Å². The van der Waals surface area contributed by atoms with E-state index in [4.69, 9.17) is 10.9 Å². The summed E-state index contributed by atoms with van der Waals surface area (Å²) in [6, 6.07) is 0. The molecule has 0 aromatic heterocycles. The Balaban J connectivity index is 1.52. The number of hydrogen-bond acceptors (Lipinski definition) is 3. The van der Waals surface area contributed by atoms with Gasteiger partial charge < -0.3 is 16.3 Å². The normalized spacial score (nSPS) is 33.5. The van der Waals surface area contributed by atoms with Crippen LogP contribution in [0.4, 0.5) is 0 Å². The van der Waals surface area contributed by atoms with Crippen LogP contribution in [-0.4, -0.2) is 24.1 Å². The first-order valence-corrected chi connectivity index (χ1v) is 6.46. The molecule has 2 fully saturated rings. The zero-order valence-electron chi connectivity index (χ0n) is 9.86. The van der Waals surface area contributed by atoms with Gasteiger partial charge in [0, 0.05) is 6.42 Å². The SMILES string of the molecule is NC(CCCNCC1CC2CCC1C2)=NO. The molecule has 4 heteroatoms. The summed E-state index contributed by atoms with van der Waals surface area (Å²) in [5.74, 6) is 3.29. The van der Waals surface area contributed by atoms with E-state index < -0.39 is 0 Å². The lowest BCUT2D eigenvalue weighted by molar-refractivity contribution is 0.314. The lowest BCUT2D eigenvalue weighted by Gasteiger charge is -2.21. The number of nitrogens with zero attached hydrogens (tertiary/aromatic N) is 1. The van der Waals surface area contributed by atoms with E-state index in [0.717, 1.165) is 37.3 Å². The third-order valence-electron chi connectivity index (χ3n) is 4.21. The Morgan fingerprint density at radius 3 is 2.88 bits per heavy atom. The number of fused-ring (bicyclic) bond motifs is 2. The number of nitrogens with one attached hydrogen (secondary N) is 1. The molecule has 0 saturated heterocycles. The molecule has 3 unspecified atom stereocenters. The third-order valence-corrected chi connectivity index (χ3v) is 4.21. The van der Waals surface area contributed by atoms with E-state index in [2.05, 4.69) is 10.5 Å². The average molecular weight is 225 g/mol. The molecule has 0 heterocycles. The van der Waals surface area contributed by atoms with Crippen LogP contribution in [0.5, 0.6) is 0 Å². The zero-order chi connectivity index (χ0) is 11.4. The molecular weight excluding hydrogens is 202 g/mol. The maximum atomic E-state index is 8.38. The summed E-state index contributed by atoms with van der Waals surface area (Å²) < 4.78 is 0. The van der Waals surface area contributed by atoms with Gasteiger partial charge in [0.2, 0.25) is 0 Å². The molecule has 0 aromatic rings. The van der Waals surface area contributed by atoms with Crippen LogP contribution in [0.3, 0.4) is 0 Å². The molecule has 4 N–H and O–H groups in total. The Morgan fingerprint density at radius 2 is 2.25 bits per heavy atom. The maximum Gasteiger partial charge on any atom is 0.139 e. The highest BCUT2D eigenvalue weighted by atomic mass is 16.4. The van der Waals surface area contributed by atoms with Crippen LogP contribution in [0.25, 0.3) is 0 Å². The van der Waals surface area contributed by atoms with Crippen molar-refractivity contribution in [2.45, 2.75) is 38.5 Å². The molecule has 0 aromatic carbocycles. The molecule has 0 radical (unpaired) electrons. The lowest BCUT2D eigenvalue weighted by atomic mass is 9.89. The highest BCUT2D eigenvalue weighted by Crippen LogP contribution is 2.47. The monoisotopic (exact) mass is 225 g/mol. The minimum Gasteiger partial charge on any atom is -0.409 e. The summed E-state index contributed by atoms with van der Waals surface area (Å²) in [6.45, 7) is 2.14. The van der Waals surface area contributed by atoms with Gasteiger partial charge in [-0.15, -0.1) is 0 Å². The van der Waals surface area contributed by atoms with E-state index in [0.29, 0.717) is 12.3 Å². The van der Waals surface area contributed by atoms with Crippen molar-refractivity contribution in [1.29, 1.82) is 0 Å². The minimum absolute atomic E-state index is 0.335. The fraction of sp³-hybridized carbons (Fsp3) is 0.917. The van der Waals surface area contributed by atoms with Gasteiger partial charge in [-0.3, -0.25) is 0 Å². The van der Waals surface area contributed by atoms with Crippen LogP contribution < -0.4 is 11.1 Å². The van der Waals surface area contributed by atoms with Crippen LogP contribution in [-0.2, 0) is 0 Å². The number of nitrogens with two attached hydrogens (primary N) is 1. The summed E-state index contributed by atoms with van der Waals surface area (Å²) in [5.41, 5.74) is 5.40. The van der Waals surface area contributed by atoms with Crippen molar-refractivity contribution in [3.05, 3.63) is 0 Å². The highest BCUT2D eigenvalue weighted by Gasteiger charge is 2.38. The molecule has 2 saturated carbocycles. The van der Waals surface area contributed by atoms with E-state index in [1.54, 1.807) is 0 Å². The fourth-order valence-corrected chi connectivity index (χ4v) is 3.36. The van der Waals surface area contributed by atoms with E-state index in [9.17, 15) is 0 Å². The first-order valence-electron chi connectivity index (χ1n) is 6.46. The first-order chi connectivity index (χ1) is 7.79. The maximum absolute atomic E-state index is 8.38. The molecule has 0 aliphatic heterocycles. The second kappa shape index (κ2) is 5.53. The van der Waals surface area contributed by atoms with Gasteiger partial charge in [-0.2, -0.15) is 0 Å². The number of oxime groups is 1. The van der Waals surface area contributed by atoms with Crippen molar-refractivity contribution in [3.63, 3.8) is 0 Å². The van der Waals surface area contributed by atoms with Gasteiger partial charge in [-0.1, -0.05) is 11.6 Å². The van der Waals surface area contributed by atoms with E-state index in [1.807, 2.05) is 0 Å². The van der Waals surface area contributed by atoms with Gasteiger partial charge in [0.05, 0.1) is 0 Å². The summed E-state index contributed by atoms with van der Waals surface area (Å²) >= 11 is 0. The number of hydrogen-bond donors (Lipinski definition) is 3. The Labute approximate surface area is 97.3 Å². The Bertz CT molecular complexity index is 255. The zero-order valence-corrected chi connectivity index (χ0v) is 9.86. The molecular formula is C12H23N3O.